The topological polar surface area (TPSA) is 35.1 Å². The Hall–Kier alpha value is -1.22. The maximum Gasteiger partial charge on any atom is 0.419 e. The van der Waals surface area contributed by atoms with Crippen LogP contribution in [-0.4, -0.2) is 4.57 Å². The fourth-order valence-corrected chi connectivity index (χ4v) is 3.41. The van der Waals surface area contributed by atoms with Gasteiger partial charge in [-0.15, -0.1) is 11.6 Å². The second kappa shape index (κ2) is 5.04. The molecule has 1 unspecified atom stereocenters. The Labute approximate surface area is 117 Å². The quantitative estimate of drug-likeness (QED) is 0.779. The summed E-state index contributed by atoms with van der Waals surface area (Å²) in [4.78, 5) is 11.5. The highest BCUT2D eigenvalue weighted by Crippen LogP contribution is 2.39. The van der Waals surface area contributed by atoms with E-state index in [0.29, 0.717) is 11.5 Å². The lowest BCUT2D eigenvalue weighted by molar-refractivity contribution is 0.348. The Bertz CT molecular complexity index is 637. The molecule has 1 heterocycles. The van der Waals surface area contributed by atoms with Crippen LogP contribution in [0, 0.1) is 5.92 Å². The number of fused-ring (bicyclic) bond motifs is 1. The number of alkyl halides is 1. The first-order valence-corrected chi connectivity index (χ1v) is 7.34. The van der Waals surface area contributed by atoms with E-state index in [4.69, 9.17) is 16.0 Å². The number of oxazole rings is 1. The van der Waals surface area contributed by atoms with Crippen LogP contribution in [0.25, 0.3) is 11.1 Å². The Balaban J connectivity index is 1.94. The predicted molar refractivity (Wildman–Crippen MR) is 76.6 cm³/mol. The molecule has 3 rings (SSSR count). The van der Waals surface area contributed by atoms with E-state index >= 15 is 0 Å². The molecule has 0 amide bonds. The normalized spacial score (nSPS) is 18.8. The van der Waals surface area contributed by atoms with Crippen molar-refractivity contribution in [2.24, 2.45) is 13.0 Å². The molecule has 0 N–H and O–H groups in total. The molecule has 1 aliphatic carbocycles. The number of aryl methyl sites for hydroxylation is 1. The van der Waals surface area contributed by atoms with Crippen LogP contribution in [0.1, 0.15) is 43.0 Å². The van der Waals surface area contributed by atoms with Crippen LogP contribution in [0.2, 0.25) is 0 Å². The molecular weight excluding hydrogens is 262 g/mol. The van der Waals surface area contributed by atoms with Gasteiger partial charge in [-0.25, -0.2) is 4.79 Å². The standard InChI is InChI=1S/C15H18ClNO2/c1-17-12-8-7-11(9-13(12)19-15(17)18)14(16)10-5-3-2-4-6-10/h7-10,14H,2-6H2,1H3. The largest absolute Gasteiger partial charge is 0.419 e. The smallest absolute Gasteiger partial charge is 0.408 e. The molecule has 0 aliphatic heterocycles. The summed E-state index contributed by atoms with van der Waals surface area (Å²) in [5, 5.41) is 0.0233. The zero-order valence-corrected chi connectivity index (χ0v) is 11.8. The molecule has 2 aromatic rings. The van der Waals surface area contributed by atoms with Crippen molar-refractivity contribution in [3.05, 3.63) is 34.3 Å². The zero-order chi connectivity index (χ0) is 13.4. The minimum absolute atomic E-state index is 0.0233. The lowest BCUT2D eigenvalue weighted by Crippen LogP contribution is -2.12. The molecule has 19 heavy (non-hydrogen) atoms. The van der Waals surface area contributed by atoms with Crippen LogP contribution in [0.5, 0.6) is 0 Å². The number of hydrogen-bond donors (Lipinski definition) is 0. The minimum atomic E-state index is -0.323. The van der Waals surface area contributed by atoms with Crippen molar-refractivity contribution in [1.82, 2.24) is 4.57 Å². The maximum atomic E-state index is 11.5. The van der Waals surface area contributed by atoms with Crippen LogP contribution in [0.15, 0.2) is 27.4 Å². The van der Waals surface area contributed by atoms with Gasteiger partial charge in [-0.2, -0.15) is 0 Å². The third-order valence-electron chi connectivity index (χ3n) is 4.20. The Morgan fingerprint density at radius 1 is 1.32 bits per heavy atom. The van der Waals surface area contributed by atoms with Crippen molar-refractivity contribution in [2.45, 2.75) is 37.5 Å². The van der Waals surface area contributed by atoms with Crippen LogP contribution >= 0.6 is 11.6 Å². The van der Waals surface area contributed by atoms with Crippen LogP contribution in [0.4, 0.5) is 0 Å². The second-order valence-corrected chi connectivity index (χ2v) is 5.92. The summed E-state index contributed by atoms with van der Waals surface area (Å²) < 4.78 is 6.74. The fraction of sp³-hybridized carbons (Fsp3) is 0.533. The molecule has 1 fully saturated rings. The molecule has 1 aliphatic rings. The molecule has 4 heteroatoms. The molecule has 0 spiro atoms. The van der Waals surface area contributed by atoms with Gasteiger partial charge in [0.2, 0.25) is 0 Å². The van der Waals surface area contributed by atoms with Crippen molar-refractivity contribution in [3.63, 3.8) is 0 Å². The lowest BCUT2D eigenvalue weighted by atomic mass is 9.84. The summed E-state index contributed by atoms with van der Waals surface area (Å²) in [5.74, 6) is 0.222. The molecule has 3 nitrogen and oxygen atoms in total. The molecule has 0 radical (unpaired) electrons. The highest BCUT2D eigenvalue weighted by molar-refractivity contribution is 6.21. The molecule has 102 valence electrons. The van der Waals surface area contributed by atoms with Crippen molar-refractivity contribution < 1.29 is 4.42 Å². The van der Waals surface area contributed by atoms with Gasteiger partial charge in [0.05, 0.1) is 10.9 Å². The molecule has 1 atom stereocenters. The fourth-order valence-electron chi connectivity index (χ4n) is 3.02. The zero-order valence-electron chi connectivity index (χ0n) is 11.1. The first kappa shape index (κ1) is 12.8. The third kappa shape index (κ3) is 2.32. The summed E-state index contributed by atoms with van der Waals surface area (Å²) in [6, 6.07) is 5.86. The third-order valence-corrected chi connectivity index (χ3v) is 4.81. The summed E-state index contributed by atoms with van der Waals surface area (Å²) >= 11 is 6.61. The summed E-state index contributed by atoms with van der Waals surface area (Å²) in [7, 11) is 1.72. The van der Waals surface area contributed by atoms with Gasteiger partial charge in [0.25, 0.3) is 0 Å². The van der Waals surface area contributed by atoms with E-state index < -0.39 is 0 Å². The first-order valence-electron chi connectivity index (χ1n) is 6.90. The van der Waals surface area contributed by atoms with Crippen LogP contribution < -0.4 is 5.76 Å². The van der Waals surface area contributed by atoms with Crippen molar-refractivity contribution in [3.8, 4) is 0 Å². The number of benzene rings is 1. The summed E-state index contributed by atoms with van der Waals surface area (Å²) in [5.41, 5.74) is 2.52. The Kier molecular flexibility index (Phi) is 3.40. The van der Waals surface area contributed by atoms with E-state index in [1.807, 2.05) is 18.2 Å². The van der Waals surface area contributed by atoms with Gasteiger partial charge >= 0.3 is 5.76 Å². The predicted octanol–water partition coefficient (Wildman–Crippen LogP) is 3.99. The van der Waals surface area contributed by atoms with Gasteiger partial charge < -0.3 is 4.42 Å². The number of aromatic nitrogens is 1. The average Bonchev–Trinajstić information content (AvgIpc) is 2.74. The lowest BCUT2D eigenvalue weighted by Gasteiger charge is -2.26. The summed E-state index contributed by atoms with van der Waals surface area (Å²) in [6.45, 7) is 0. The van der Waals surface area contributed by atoms with Gasteiger partial charge in [0.15, 0.2) is 5.58 Å². The highest BCUT2D eigenvalue weighted by Gasteiger charge is 2.23. The number of nitrogens with zero attached hydrogens (tertiary/aromatic N) is 1. The van der Waals surface area contributed by atoms with Gasteiger partial charge in [-0.05, 0) is 36.5 Å². The number of halogens is 1. The van der Waals surface area contributed by atoms with Crippen molar-refractivity contribution >= 4 is 22.7 Å². The van der Waals surface area contributed by atoms with E-state index in [1.165, 1.54) is 36.7 Å². The van der Waals surface area contributed by atoms with Gasteiger partial charge in [-0.1, -0.05) is 25.3 Å². The molecule has 1 aromatic heterocycles. The second-order valence-electron chi connectivity index (χ2n) is 5.45. The van der Waals surface area contributed by atoms with Gasteiger partial charge in [0.1, 0.15) is 0 Å². The summed E-state index contributed by atoms with van der Waals surface area (Å²) in [6.07, 6.45) is 6.27. The average molecular weight is 280 g/mol. The molecule has 1 aromatic carbocycles. The van der Waals surface area contributed by atoms with E-state index in [2.05, 4.69) is 0 Å². The molecule has 0 saturated heterocycles. The maximum absolute atomic E-state index is 11.5. The van der Waals surface area contributed by atoms with E-state index in [9.17, 15) is 4.79 Å². The highest BCUT2D eigenvalue weighted by atomic mass is 35.5. The first-order chi connectivity index (χ1) is 9.16. The molecular formula is C15H18ClNO2. The van der Waals surface area contributed by atoms with Gasteiger partial charge in [-0.3, -0.25) is 4.57 Å². The molecule has 1 saturated carbocycles. The number of hydrogen-bond acceptors (Lipinski definition) is 2. The van der Waals surface area contributed by atoms with Gasteiger partial charge in [0, 0.05) is 7.05 Å². The van der Waals surface area contributed by atoms with E-state index in [-0.39, 0.29) is 11.1 Å². The number of rotatable bonds is 2. The van der Waals surface area contributed by atoms with E-state index in [1.54, 1.807) is 7.05 Å². The van der Waals surface area contributed by atoms with Crippen molar-refractivity contribution in [2.75, 3.05) is 0 Å². The Morgan fingerprint density at radius 2 is 2.05 bits per heavy atom. The van der Waals surface area contributed by atoms with Crippen LogP contribution in [0.3, 0.4) is 0 Å². The van der Waals surface area contributed by atoms with E-state index in [0.717, 1.165) is 11.1 Å². The van der Waals surface area contributed by atoms with Crippen molar-refractivity contribution in [1.29, 1.82) is 0 Å². The van der Waals surface area contributed by atoms with Crippen LogP contribution in [-0.2, 0) is 7.05 Å². The Morgan fingerprint density at radius 3 is 2.79 bits per heavy atom. The molecule has 0 bridgehead atoms. The monoisotopic (exact) mass is 279 g/mol. The minimum Gasteiger partial charge on any atom is -0.408 e. The SMILES string of the molecule is Cn1c(=O)oc2cc(C(Cl)C3CCCCC3)ccc21.